The zero-order valence-corrected chi connectivity index (χ0v) is 7.36. The monoisotopic (exact) mass is 172 g/mol. The average Bonchev–Trinajstić information content (AvgIpc) is 2.03. The van der Waals surface area contributed by atoms with E-state index in [1.165, 1.54) is 0 Å². The highest BCUT2D eigenvalue weighted by Crippen LogP contribution is 1.83. The second kappa shape index (κ2) is 7.22. The molecule has 5 heteroatoms. The molecule has 0 rings (SSSR count). The number of aliphatic imine (C=N–C) groups is 1. The third-order valence-electron chi connectivity index (χ3n) is 0.997. The lowest BCUT2D eigenvalue weighted by Gasteiger charge is -2.00. The summed E-state index contributed by atoms with van der Waals surface area (Å²) in [5, 5.41) is 13.4. The fourth-order valence-electron chi connectivity index (χ4n) is 0.496. The SMILES string of the molecule is CN/C(=N/CCCS)NC#N. The van der Waals surface area contributed by atoms with E-state index in [2.05, 4.69) is 28.3 Å². The van der Waals surface area contributed by atoms with Gasteiger partial charge in [-0.3, -0.25) is 10.3 Å². The van der Waals surface area contributed by atoms with Gasteiger partial charge in [0, 0.05) is 13.6 Å². The van der Waals surface area contributed by atoms with E-state index in [0.29, 0.717) is 12.5 Å². The molecule has 0 aliphatic rings. The van der Waals surface area contributed by atoms with Crippen molar-refractivity contribution >= 4 is 18.6 Å². The molecule has 0 bridgehead atoms. The largest absolute Gasteiger partial charge is 0.359 e. The standard InChI is InChI=1S/C6H12N4S/c1-8-6(10-5-7)9-3-2-4-11/h11H,2-4H2,1H3,(H2,8,9,10). The van der Waals surface area contributed by atoms with Gasteiger partial charge in [-0.25, -0.2) is 0 Å². The van der Waals surface area contributed by atoms with Crippen LogP contribution in [0.3, 0.4) is 0 Å². The molecule has 0 amide bonds. The summed E-state index contributed by atoms with van der Waals surface area (Å²) in [5.41, 5.74) is 0. The molecule has 0 aromatic rings. The first-order valence-electron chi connectivity index (χ1n) is 3.33. The summed E-state index contributed by atoms with van der Waals surface area (Å²) in [6.07, 6.45) is 2.70. The Balaban J connectivity index is 3.63. The lowest BCUT2D eigenvalue weighted by atomic mass is 10.5. The molecular formula is C6H12N4S. The minimum absolute atomic E-state index is 0.509. The van der Waals surface area contributed by atoms with Crippen molar-refractivity contribution in [3.63, 3.8) is 0 Å². The Kier molecular flexibility index (Phi) is 6.64. The van der Waals surface area contributed by atoms with Crippen LogP contribution in [-0.2, 0) is 0 Å². The summed E-state index contributed by atoms with van der Waals surface area (Å²) < 4.78 is 0. The number of thiol groups is 1. The summed E-state index contributed by atoms with van der Waals surface area (Å²) in [6, 6.07) is 0. The molecule has 0 saturated carbocycles. The van der Waals surface area contributed by atoms with Crippen molar-refractivity contribution in [2.24, 2.45) is 4.99 Å². The number of hydrogen-bond acceptors (Lipinski definition) is 3. The van der Waals surface area contributed by atoms with Crippen LogP contribution in [-0.4, -0.2) is 25.3 Å². The first-order valence-corrected chi connectivity index (χ1v) is 3.96. The molecule has 0 aromatic heterocycles. The molecule has 0 saturated heterocycles. The fourth-order valence-corrected chi connectivity index (χ4v) is 0.637. The third-order valence-corrected chi connectivity index (χ3v) is 1.31. The Morgan fingerprint density at radius 1 is 1.73 bits per heavy atom. The number of rotatable bonds is 3. The molecule has 0 aromatic carbocycles. The molecule has 0 radical (unpaired) electrons. The smallest absolute Gasteiger partial charge is 0.204 e. The van der Waals surface area contributed by atoms with Gasteiger partial charge in [-0.2, -0.15) is 17.9 Å². The van der Waals surface area contributed by atoms with Crippen LogP contribution in [0.5, 0.6) is 0 Å². The fraction of sp³-hybridized carbons (Fsp3) is 0.667. The summed E-state index contributed by atoms with van der Waals surface area (Å²) in [4.78, 5) is 4.04. The Bertz CT molecular complexity index is 160. The van der Waals surface area contributed by atoms with E-state index in [9.17, 15) is 0 Å². The first-order chi connectivity index (χ1) is 5.35. The van der Waals surface area contributed by atoms with Crippen LogP contribution in [0, 0.1) is 11.5 Å². The van der Waals surface area contributed by atoms with Gasteiger partial charge in [0.05, 0.1) is 0 Å². The van der Waals surface area contributed by atoms with E-state index in [0.717, 1.165) is 12.2 Å². The van der Waals surface area contributed by atoms with Gasteiger partial charge < -0.3 is 5.32 Å². The highest BCUT2D eigenvalue weighted by atomic mass is 32.1. The van der Waals surface area contributed by atoms with Crippen molar-refractivity contribution in [1.29, 1.82) is 5.26 Å². The van der Waals surface area contributed by atoms with Gasteiger partial charge in [-0.05, 0) is 12.2 Å². The Labute approximate surface area is 72.1 Å². The van der Waals surface area contributed by atoms with Crippen LogP contribution in [0.15, 0.2) is 4.99 Å². The van der Waals surface area contributed by atoms with Crippen LogP contribution in [0.4, 0.5) is 0 Å². The minimum atomic E-state index is 0.509. The lowest BCUT2D eigenvalue weighted by Crippen LogP contribution is -2.31. The number of hydrogen-bond donors (Lipinski definition) is 3. The van der Waals surface area contributed by atoms with Gasteiger partial charge in [0.1, 0.15) is 0 Å². The lowest BCUT2D eigenvalue weighted by molar-refractivity contribution is 0.914. The van der Waals surface area contributed by atoms with E-state index in [1.54, 1.807) is 13.2 Å². The van der Waals surface area contributed by atoms with Crippen molar-refractivity contribution in [2.75, 3.05) is 19.3 Å². The molecular weight excluding hydrogens is 160 g/mol. The summed E-state index contributed by atoms with van der Waals surface area (Å²) in [6.45, 7) is 0.689. The number of nitrogens with one attached hydrogen (secondary N) is 2. The van der Waals surface area contributed by atoms with Crippen LogP contribution in [0.2, 0.25) is 0 Å². The molecule has 0 spiro atoms. The predicted octanol–water partition coefficient (Wildman–Crippen LogP) is -0.0476. The molecule has 0 unspecified atom stereocenters. The van der Waals surface area contributed by atoms with E-state index in [4.69, 9.17) is 5.26 Å². The zero-order valence-electron chi connectivity index (χ0n) is 6.46. The number of nitrogens with zero attached hydrogens (tertiary/aromatic N) is 2. The highest BCUT2D eigenvalue weighted by Gasteiger charge is 1.89. The zero-order chi connectivity index (χ0) is 8.53. The summed E-state index contributed by atoms with van der Waals surface area (Å²) >= 11 is 4.03. The van der Waals surface area contributed by atoms with Crippen LogP contribution < -0.4 is 10.6 Å². The molecule has 0 aliphatic heterocycles. The summed E-state index contributed by atoms with van der Waals surface area (Å²) in [7, 11) is 1.71. The Morgan fingerprint density at radius 3 is 2.91 bits per heavy atom. The van der Waals surface area contributed by atoms with Crippen molar-refractivity contribution in [1.82, 2.24) is 10.6 Å². The summed E-state index contributed by atoms with van der Waals surface area (Å²) in [5.74, 6) is 1.32. The van der Waals surface area contributed by atoms with Gasteiger partial charge in [0.2, 0.25) is 5.96 Å². The van der Waals surface area contributed by atoms with Crippen molar-refractivity contribution in [3.8, 4) is 6.19 Å². The van der Waals surface area contributed by atoms with Crippen LogP contribution in [0.1, 0.15) is 6.42 Å². The number of nitriles is 1. The van der Waals surface area contributed by atoms with Gasteiger partial charge in [0.25, 0.3) is 0 Å². The molecule has 0 fully saturated rings. The van der Waals surface area contributed by atoms with Crippen molar-refractivity contribution in [3.05, 3.63) is 0 Å². The van der Waals surface area contributed by atoms with Gasteiger partial charge >= 0.3 is 0 Å². The molecule has 4 nitrogen and oxygen atoms in total. The minimum Gasteiger partial charge on any atom is -0.359 e. The van der Waals surface area contributed by atoms with E-state index in [-0.39, 0.29) is 0 Å². The second-order valence-electron chi connectivity index (χ2n) is 1.79. The third kappa shape index (κ3) is 5.55. The van der Waals surface area contributed by atoms with E-state index < -0.39 is 0 Å². The molecule has 62 valence electrons. The predicted molar refractivity (Wildman–Crippen MR) is 48.6 cm³/mol. The Morgan fingerprint density at radius 2 is 2.45 bits per heavy atom. The topological polar surface area (TPSA) is 60.2 Å². The van der Waals surface area contributed by atoms with E-state index in [1.807, 2.05) is 0 Å². The molecule has 0 aliphatic carbocycles. The molecule has 0 heterocycles. The van der Waals surface area contributed by atoms with Gasteiger partial charge in [0.15, 0.2) is 6.19 Å². The molecule has 0 atom stereocenters. The maximum absolute atomic E-state index is 8.23. The van der Waals surface area contributed by atoms with Crippen molar-refractivity contribution < 1.29 is 0 Å². The van der Waals surface area contributed by atoms with Crippen LogP contribution in [0.25, 0.3) is 0 Å². The maximum Gasteiger partial charge on any atom is 0.204 e. The quantitative estimate of drug-likeness (QED) is 0.140. The van der Waals surface area contributed by atoms with E-state index >= 15 is 0 Å². The van der Waals surface area contributed by atoms with Crippen LogP contribution >= 0.6 is 12.6 Å². The van der Waals surface area contributed by atoms with Crippen molar-refractivity contribution in [2.45, 2.75) is 6.42 Å². The maximum atomic E-state index is 8.23. The van der Waals surface area contributed by atoms with Gasteiger partial charge in [-0.1, -0.05) is 0 Å². The average molecular weight is 172 g/mol. The number of guanidine groups is 1. The Hall–Kier alpha value is -0.890. The molecule has 2 N–H and O–H groups in total. The van der Waals surface area contributed by atoms with Gasteiger partial charge in [-0.15, -0.1) is 0 Å². The first kappa shape index (κ1) is 10.1. The second-order valence-corrected chi connectivity index (χ2v) is 2.24. The normalized spacial score (nSPS) is 10.5. The molecule has 11 heavy (non-hydrogen) atoms. The highest BCUT2D eigenvalue weighted by molar-refractivity contribution is 7.80.